The Balaban J connectivity index is 1.92. The molecule has 0 fully saturated rings. The Morgan fingerprint density at radius 2 is 1.82 bits per heavy atom. The number of amides is 1. The Morgan fingerprint density at radius 1 is 1.12 bits per heavy atom. The summed E-state index contributed by atoms with van der Waals surface area (Å²) in [6.07, 6.45) is -4.82. The minimum absolute atomic E-state index is 0.0000865. The van der Waals surface area contributed by atoms with Gasteiger partial charge >= 0.3 is 12.1 Å². The number of hydrogen-bond acceptors (Lipinski definition) is 6. The fourth-order valence-electron chi connectivity index (χ4n) is 5.04. The highest BCUT2D eigenvalue weighted by atomic mass is 32.2. The lowest BCUT2D eigenvalue weighted by Gasteiger charge is -2.30. The number of rotatable bonds is 5. The van der Waals surface area contributed by atoms with Crippen LogP contribution in [0.3, 0.4) is 0 Å². The second kappa shape index (κ2) is 10.5. The number of primary amides is 1. The van der Waals surface area contributed by atoms with Crippen molar-refractivity contribution in [1.82, 2.24) is 9.29 Å². The van der Waals surface area contributed by atoms with Crippen LogP contribution in [0.2, 0.25) is 0 Å². The van der Waals surface area contributed by atoms with Crippen LogP contribution in [0.25, 0.3) is 21.9 Å². The van der Waals surface area contributed by atoms with Crippen LogP contribution in [0.4, 0.5) is 13.2 Å². The van der Waals surface area contributed by atoms with Crippen molar-refractivity contribution in [2.45, 2.75) is 23.7 Å². The molecule has 1 aliphatic rings. The van der Waals surface area contributed by atoms with Gasteiger partial charge in [-0.15, -0.1) is 4.72 Å². The molecule has 1 aliphatic heterocycles. The van der Waals surface area contributed by atoms with Gasteiger partial charge in [0.15, 0.2) is 6.04 Å². The minimum atomic E-state index is -4.71. The number of hydrogen-bond donors (Lipinski definition) is 2. The Morgan fingerprint density at radius 3 is 2.52 bits per heavy atom. The summed E-state index contributed by atoms with van der Waals surface area (Å²) in [5.41, 5.74) is 3.74. The number of carbonyl (C=O) groups is 2. The number of benzene rings is 3. The molecular weight excluding hydrogens is 547 g/mol. The van der Waals surface area contributed by atoms with E-state index in [2.05, 4.69) is 4.72 Å². The molecule has 0 saturated heterocycles. The average Bonchev–Trinajstić information content (AvgIpc) is 2.93. The number of nitrogens with zero attached hydrogens (tertiary/aromatic N) is 1. The van der Waals surface area contributed by atoms with Crippen LogP contribution in [0.5, 0.6) is 0 Å². The Hall–Kier alpha value is -4.13. The number of pyridine rings is 1. The first-order valence-electron chi connectivity index (χ1n) is 12.0. The van der Waals surface area contributed by atoms with Crippen LogP contribution in [0.1, 0.15) is 33.1 Å². The monoisotopic (exact) mass is 569 g/mol. The molecule has 0 spiro atoms. The van der Waals surface area contributed by atoms with Gasteiger partial charge in [0.25, 0.3) is 16.5 Å². The van der Waals surface area contributed by atoms with Crippen molar-refractivity contribution < 1.29 is 32.0 Å². The van der Waals surface area contributed by atoms with Crippen molar-refractivity contribution in [1.29, 1.82) is 0 Å². The molecule has 0 bridgehead atoms. The van der Waals surface area contributed by atoms with Gasteiger partial charge in [-0.2, -0.15) is 13.2 Å². The van der Waals surface area contributed by atoms with Gasteiger partial charge in [0, 0.05) is 0 Å². The largest absolute Gasteiger partial charge is 0.592 e. The summed E-state index contributed by atoms with van der Waals surface area (Å²) in [5.74, 6) is -2.02. The molecule has 3 aromatic carbocycles. The van der Waals surface area contributed by atoms with Gasteiger partial charge in [-0.05, 0) is 46.0 Å². The van der Waals surface area contributed by atoms with Gasteiger partial charge in [-0.25, -0.2) is 4.79 Å². The molecule has 8 nitrogen and oxygen atoms in total. The molecule has 0 saturated carbocycles. The smallest absolute Gasteiger partial charge is 0.416 e. The first-order chi connectivity index (χ1) is 19.0. The fraction of sp³-hybridized carbons (Fsp3) is 0.179. The molecule has 206 valence electrons. The zero-order valence-electron chi connectivity index (χ0n) is 21.0. The van der Waals surface area contributed by atoms with Crippen molar-refractivity contribution in [3.63, 3.8) is 0 Å². The summed E-state index contributed by atoms with van der Waals surface area (Å²) in [7, 11) is 1.09. The highest BCUT2D eigenvalue weighted by Crippen LogP contribution is 2.39. The standard InChI is InChI=1S/C28H22F3N3O5S/c1-39-27(37)21-14-33-40(38)26-22(17-9-5-10-18(12-17)28(29,30)31)20(23(24(32)35)25(36)34(21)26)13-16-8-4-7-15-6-2-3-11-19(15)16/h2-12,21,33H,13-14H2,1H3,(H2,32,35)/t21-,40?/m0/s1. The predicted octanol–water partition coefficient (Wildman–Crippen LogP) is 3.72. The van der Waals surface area contributed by atoms with E-state index in [-0.39, 0.29) is 34.7 Å². The van der Waals surface area contributed by atoms with Crippen molar-refractivity contribution in [3.8, 4) is 11.1 Å². The number of fused-ring (bicyclic) bond motifs is 2. The van der Waals surface area contributed by atoms with Crippen LogP contribution in [-0.2, 0) is 33.5 Å². The molecule has 0 radical (unpaired) electrons. The van der Waals surface area contributed by atoms with E-state index in [1.54, 1.807) is 18.2 Å². The van der Waals surface area contributed by atoms with E-state index in [1.807, 2.05) is 24.3 Å². The molecule has 3 N–H and O–H groups in total. The second-order valence-electron chi connectivity index (χ2n) is 9.12. The number of ether oxygens (including phenoxy) is 1. The fourth-order valence-corrected chi connectivity index (χ4v) is 6.30. The summed E-state index contributed by atoms with van der Waals surface area (Å²) in [4.78, 5) is 39.3. The Bertz CT molecular complexity index is 1710. The van der Waals surface area contributed by atoms with E-state index in [0.29, 0.717) is 5.56 Å². The third-order valence-corrected chi connectivity index (χ3v) is 7.99. The Kier molecular flexibility index (Phi) is 7.17. The molecule has 2 heterocycles. The normalized spacial score (nSPS) is 16.9. The minimum Gasteiger partial charge on any atom is -0.592 e. The maximum absolute atomic E-state index is 13.8. The Labute approximate surface area is 228 Å². The number of methoxy groups -OCH3 is 1. The molecular formula is C28H22F3N3O5S. The molecule has 1 amide bonds. The van der Waals surface area contributed by atoms with E-state index >= 15 is 0 Å². The van der Waals surface area contributed by atoms with Crippen molar-refractivity contribution in [2.24, 2.45) is 5.73 Å². The zero-order chi connectivity index (χ0) is 28.8. The molecule has 2 atom stereocenters. The van der Waals surface area contributed by atoms with Crippen LogP contribution in [0, 0.1) is 0 Å². The lowest BCUT2D eigenvalue weighted by Crippen LogP contribution is -2.49. The van der Waals surface area contributed by atoms with Crippen LogP contribution in [-0.4, -0.2) is 34.7 Å². The first-order valence-corrected chi connectivity index (χ1v) is 13.2. The number of alkyl halides is 3. The number of halogens is 3. The molecule has 5 rings (SSSR count). The molecule has 40 heavy (non-hydrogen) atoms. The summed E-state index contributed by atoms with van der Waals surface area (Å²) in [6.45, 7) is -0.283. The molecule has 0 aliphatic carbocycles. The van der Waals surface area contributed by atoms with Crippen LogP contribution >= 0.6 is 0 Å². The lowest BCUT2D eigenvalue weighted by molar-refractivity contribution is -0.144. The van der Waals surface area contributed by atoms with Crippen molar-refractivity contribution >= 4 is 34.0 Å². The van der Waals surface area contributed by atoms with Gasteiger partial charge in [0.1, 0.15) is 5.56 Å². The van der Waals surface area contributed by atoms with E-state index < -0.39 is 52.1 Å². The predicted molar refractivity (Wildman–Crippen MR) is 142 cm³/mol. The van der Waals surface area contributed by atoms with Gasteiger partial charge < -0.3 is 15.0 Å². The topological polar surface area (TPSA) is 126 Å². The van der Waals surface area contributed by atoms with E-state index in [1.165, 1.54) is 12.1 Å². The molecule has 4 aromatic rings. The third kappa shape index (κ3) is 4.74. The highest BCUT2D eigenvalue weighted by Gasteiger charge is 2.42. The van der Waals surface area contributed by atoms with Gasteiger partial charge in [0.05, 0.1) is 36.1 Å². The maximum atomic E-state index is 13.8. The number of nitrogens with two attached hydrogens (primary N) is 1. The SMILES string of the molecule is COC(=O)[C@@H]1CN[S+]([O-])c2c(-c3cccc(C(F)(F)F)c3)c(Cc3cccc4ccccc34)c(C(N)=O)c(=O)n21. The number of aromatic nitrogens is 1. The highest BCUT2D eigenvalue weighted by molar-refractivity contribution is 7.89. The van der Waals surface area contributed by atoms with Gasteiger partial charge in [-0.1, -0.05) is 54.6 Å². The summed E-state index contributed by atoms with van der Waals surface area (Å²) in [5, 5.41) is 1.37. The summed E-state index contributed by atoms with van der Waals surface area (Å²) >= 11 is -2.15. The molecule has 12 heteroatoms. The molecule has 1 unspecified atom stereocenters. The summed E-state index contributed by atoms with van der Waals surface area (Å²) < 4.78 is 62.9. The molecule has 1 aromatic heterocycles. The number of nitrogens with one attached hydrogen (secondary N) is 1. The number of carbonyl (C=O) groups excluding carboxylic acids is 2. The van der Waals surface area contributed by atoms with Crippen molar-refractivity contribution in [2.75, 3.05) is 13.7 Å². The average molecular weight is 570 g/mol. The second-order valence-corrected chi connectivity index (χ2v) is 10.3. The van der Waals surface area contributed by atoms with E-state index in [9.17, 15) is 32.1 Å². The van der Waals surface area contributed by atoms with Crippen LogP contribution in [0.15, 0.2) is 76.6 Å². The lowest BCUT2D eigenvalue weighted by atomic mass is 9.89. The summed E-state index contributed by atoms with van der Waals surface area (Å²) in [6, 6.07) is 15.6. The van der Waals surface area contributed by atoms with E-state index in [0.717, 1.165) is 34.6 Å². The number of esters is 1. The van der Waals surface area contributed by atoms with E-state index in [4.69, 9.17) is 10.5 Å². The van der Waals surface area contributed by atoms with Gasteiger partial charge in [-0.3, -0.25) is 14.2 Å². The quantitative estimate of drug-likeness (QED) is 0.279. The van der Waals surface area contributed by atoms with Crippen molar-refractivity contribution in [3.05, 3.63) is 99.3 Å². The third-order valence-electron chi connectivity index (χ3n) is 6.81. The van der Waals surface area contributed by atoms with Crippen LogP contribution < -0.4 is 16.0 Å². The first kappa shape index (κ1) is 27.4. The van der Waals surface area contributed by atoms with Gasteiger partial charge in [0.2, 0.25) is 0 Å². The maximum Gasteiger partial charge on any atom is 0.416 e. The zero-order valence-corrected chi connectivity index (χ0v) is 21.8.